The molecule has 0 aliphatic carbocycles. The third-order valence-electron chi connectivity index (χ3n) is 4.22. The molecule has 27 heavy (non-hydrogen) atoms. The minimum absolute atomic E-state index is 0.595. The van der Waals surface area contributed by atoms with Crippen LogP contribution >= 0.6 is 0 Å². The zero-order valence-corrected chi connectivity index (χ0v) is 15.4. The number of nitrogens with one attached hydrogen (secondary N) is 1. The van der Waals surface area contributed by atoms with Crippen LogP contribution in [0.1, 0.15) is 22.3 Å². The highest BCUT2D eigenvalue weighted by Gasteiger charge is 2.23. The molecule has 0 amide bonds. The summed E-state index contributed by atoms with van der Waals surface area (Å²) < 4.78 is 5.37. The first-order valence-corrected chi connectivity index (χ1v) is 8.61. The topological polar surface area (TPSA) is 71.8 Å². The lowest BCUT2D eigenvalue weighted by molar-refractivity contribution is 0.414. The quantitative estimate of drug-likeness (QED) is 0.767. The van der Waals surface area contributed by atoms with E-state index in [9.17, 15) is 0 Å². The van der Waals surface area contributed by atoms with E-state index < -0.39 is 0 Å². The van der Waals surface area contributed by atoms with Gasteiger partial charge in [-0.2, -0.15) is 0 Å². The van der Waals surface area contributed by atoms with Gasteiger partial charge in [0.15, 0.2) is 11.7 Å². The lowest BCUT2D eigenvalue weighted by Crippen LogP contribution is -2.12. The van der Waals surface area contributed by atoms with E-state index in [2.05, 4.69) is 20.3 Å². The van der Waals surface area contributed by atoms with Crippen molar-refractivity contribution >= 4 is 23.3 Å². The number of pyridine rings is 2. The first kappa shape index (κ1) is 16.9. The third kappa shape index (κ3) is 3.55. The van der Waals surface area contributed by atoms with Crippen molar-refractivity contribution in [2.24, 2.45) is 9.98 Å². The minimum atomic E-state index is 0.595. The number of hydrogen-bond acceptors (Lipinski definition) is 5. The number of ether oxygens (including phenoxy) is 1. The van der Waals surface area contributed by atoms with E-state index in [4.69, 9.17) is 9.73 Å². The highest BCUT2D eigenvalue weighted by Crippen LogP contribution is 2.27. The van der Waals surface area contributed by atoms with Crippen molar-refractivity contribution in [2.75, 3.05) is 12.4 Å². The molecule has 0 unspecified atom stereocenters. The van der Waals surface area contributed by atoms with Gasteiger partial charge in [-0.3, -0.25) is 0 Å². The van der Waals surface area contributed by atoms with Crippen LogP contribution in [0.25, 0.3) is 0 Å². The average Bonchev–Trinajstić information content (AvgIpc) is 2.98. The summed E-state index contributed by atoms with van der Waals surface area (Å²) in [5.41, 5.74) is 4.07. The van der Waals surface area contributed by atoms with Crippen molar-refractivity contribution in [3.05, 3.63) is 77.1 Å². The van der Waals surface area contributed by atoms with Gasteiger partial charge in [-0.15, -0.1) is 0 Å². The normalized spacial score (nSPS) is 14.0. The second-order valence-electron chi connectivity index (χ2n) is 6.34. The van der Waals surface area contributed by atoms with E-state index >= 15 is 0 Å². The number of aryl methyl sites for hydroxylation is 2. The zero-order chi connectivity index (χ0) is 18.8. The van der Waals surface area contributed by atoms with E-state index in [1.165, 1.54) is 0 Å². The van der Waals surface area contributed by atoms with Gasteiger partial charge >= 0.3 is 0 Å². The Morgan fingerprint density at radius 1 is 0.889 bits per heavy atom. The van der Waals surface area contributed by atoms with E-state index in [0.29, 0.717) is 17.5 Å². The molecule has 0 saturated carbocycles. The van der Waals surface area contributed by atoms with Gasteiger partial charge in [-0.25, -0.2) is 20.0 Å². The summed E-state index contributed by atoms with van der Waals surface area (Å²) in [7, 11) is 1.65. The summed E-state index contributed by atoms with van der Waals surface area (Å²) in [4.78, 5) is 18.0. The van der Waals surface area contributed by atoms with E-state index in [0.717, 1.165) is 33.8 Å². The highest BCUT2D eigenvalue weighted by molar-refractivity contribution is 6.26. The number of methoxy groups -OCH3 is 1. The van der Waals surface area contributed by atoms with Crippen molar-refractivity contribution in [1.29, 1.82) is 0 Å². The minimum Gasteiger partial charge on any atom is -0.497 e. The maximum absolute atomic E-state index is 5.37. The van der Waals surface area contributed by atoms with Crippen LogP contribution in [-0.2, 0) is 0 Å². The summed E-state index contributed by atoms with van der Waals surface area (Å²) in [5.74, 6) is 3.42. The Bertz CT molecular complexity index is 1070. The second kappa shape index (κ2) is 6.99. The summed E-state index contributed by atoms with van der Waals surface area (Å²) in [5, 5.41) is 3.30. The number of benzene rings is 1. The van der Waals surface area contributed by atoms with Crippen LogP contribution in [0, 0.1) is 13.8 Å². The van der Waals surface area contributed by atoms with Crippen LogP contribution in [0.4, 0.5) is 11.6 Å². The van der Waals surface area contributed by atoms with Crippen LogP contribution in [-0.4, -0.2) is 28.7 Å². The molecular formula is C21H19N5O. The number of rotatable bonds is 3. The van der Waals surface area contributed by atoms with E-state index in [-0.39, 0.29) is 0 Å². The maximum atomic E-state index is 5.37. The Hall–Kier alpha value is -3.54. The molecular weight excluding hydrogens is 338 g/mol. The van der Waals surface area contributed by atoms with Gasteiger partial charge < -0.3 is 10.1 Å². The summed E-state index contributed by atoms with van der Waals surface area (Å²) in [6, 6.07) is 13.6. The predicted octanol–water partition coefficient (Wildman–Crippen LogP) is 4.05. The lowest BCUT2D eigenvalue weighted by atomic mass is 10.1. The Morgan fingerprint density at radius 3 is 2.41 bits per heavy atom. The molecule has 0 bridgehead atoms. The molecule has 4 rings (SSSR count). The Kier molecular flexibility index (Phi) is 4.38. The number of aliphatic imine (C=N–C) groups is 2. The van der Waals surface area contributed by atoms with Crippen LogP contribution < -0.4 is 10.1 Å². The lowest BCUT2D eigenvalue weighted by Gasteiger charge is -2.08. The molecule has 134 valence electrons. The van der Waals surface area contributed by atoms with Crippen molar-refractivity contribution in [3.63, 3.8) is 0 Å². The fourth-order valence-electron chi connectivity index (χ4n) is 2.86. The predicted molar refractivity (Wildman–Crippen MR) is 107 cm³/mol. The van der Waals surface area contributed by atoms with Crippen LogP contribution in [0.2, 0.25) is 0 Å². The molecule has 0 fully saturated rings. The molecule has 1 aromatic carbocycles. The number of hydrogen-bond donors (Lipinski definition) is 1. The maximum Gasteiger partial charge on any atom is 0.164 e. The number of fused-ring (bicyclic) bond motifs is 1. The molecule has 1 N–H and O–H groups in total. The summed E-state index contributed by atoms with van der Waals surface area (Å²) in [6.07, 6.45) is 3.52. The number of anilines is 1. The van der Waals surface area contributed by atoms with Crippen LogP contribution in [0.5, 0.6) is 5.75 Å². The molecule has 6 heteroatoms. The highest BCUT2D eigenvalue weighted by atomic mass is 16.5. The monoisotopic (exact) mass is 357 g/mol. The van der Waals surface area contributed by atoms with Crippen molar-refractivity contribution < 1.29 is 4.74 Å². The van der Waals surface area contributed by atoms with Crippen molar-refractivity contribution in [1.82, 2.24) is 9.97 Å². The molecule has 0 saturated heterocycles. The molecule has 6 nitrogen and oxygen atoms in total. The molecule has 3 heterocycles. The first-order chi connectivity index (χ1) is 13.1. The Labute approximate surface area is 157 Å². The SMILES string of the molecule is COc1ccc2c(c1)C(=Nc1cc(C)ccn1)N=C2Nc1cc(C)ccn1. The number of aromatic nitrogens is 2. The van der Waals surface area contributed by atoms with Crippen molar-refractivity contribution in [2.45, 2.75) is 13.8 Å². The smallest absolute Gasteiger partial charge is 0.164 e. The zero-order valence-electron chi connectivity index (χ0n) is 15.4. The number of amidine groups is 2. The van der Waals surface area contributed by atoms with Crippen LogP contribution in [0.3, 0.4) is 0 Å². The largest absolute Gasteiger partial charge is 0.497 e. The molecule has 1 aliphatic rings. The fraction of sp³-hybridized carbons (Fsp3) is 0.143. The molecule has 0 spiro atoms. The van der Waals surface area contributed by atoms with Crippen LogP contribution in [0.15, 0.2) is 64.8 Å². The van der Waals surface area contributed by atoms with E-state index in [1.807, 2.05) is 56.3 Å². The standard InChI is InChI=1S/C21H19N5O/c1-13-6-8-22-18(10-13)24-20-16-5-4-15(27-3)12-17(16)21(26-20)25-19-11-14(2)7-9-23-19/h4-12H,1-3H3,(H,22,23,24,25,26). The number of nitrogens with zero attached hydrogens (tertiary/aromatic N) is 4. The van der Waals surface area contributed by atoms with Gasteiger partial charge in [0.05, 0.1) is 7.11 Å². The van der Waals surface area contributed by atoms with Gasteiger partial charge in [-0.1, -0.05) is 0 Å². The molecule has 3 aromatic rings. The first-order valence-electron chi connectivity index (χ1n) is 8.61. The molecule has 1 aliphatic heterocycles. The average molecular weight is 357 g/mol. The second-order valence-corrected chi connectivity index (χ2v) is 6.34. The Balaban J connectivity index is 1.78. The third-order valence-corrected chi connectivity index (χ3v) is 4.22. The van der Waals surface area contributed by atoms with Gasteiger partial charge in [0.25, 0.3) is 0 Å². The van der Waals surface area contributed by atoms with Gasteiger partial charge in [0, 0.05) is 23.5 Å². The summed E-state index contributed by atoms with van der Waals surface area (Å²) in [6.45, 7) is 4.04. The van der Waals surface area contributed by atoms with Gasteiger partial charge in [0.1, 0.15) is 17.4 Å². The van der Waals surface area contributed by atoms with Crippen molar-refractivity contribution in [3.8, 4) is 5.75 Å². The van der Waals surface area contributed by atoms with Gasteiger partial charge in [-0.05, 0) is 67.4 Å². The molecule has 0 atom stereocenters. The summed E-state index contributed by atoms with van der Waals surface area (Å²) >= 11 is 0. The van der Waals surface area contributed by atoms with E-state index in [1.54, 1.807) is 19.5 Å². The van der Waals surface area contributed by atoms with Gasteiger partial charge in [0.2, 0.25) is 0 Å². The molecule has 0 radical (unpaired) electrons. The Morgan fingerprint density at radius 2 is 1.67 bits per heavy atom. The fourth-order valence-corrected chi connectivity index (χ4v) is 2.86. The molecule has 2 aromatic heterocycles.